The second-order valence-corrected chi connectivity index (χ2v) is 10.2. The third kappa shape index (κ3) is 5.12. The van der Waals surface area contributed by atoms with Crippen molar-refractivity contribution in [3.05, 3.63) is 87.0 Å². The molecule has 4 aromatic rings. The van der Waals surface area contributed by atoms with E-state index in [1.54, 1.807) is 0 Å². The Morgan fingerprint density at radius 2 is 1.92 bits per heavy atom. The van der Waals surface area contributed by atoms with Crippen molar-refractivity contribution in [2.45, 2.75) is 77.9 Å². The van der Waals surface area contributed by atoms with Gasteiger partial charge in [-0.2, -0.15) is 0 Å². The zero-order chi connectivity index (χ0) is 25.1. The van der Waals surface area contributed by atoms with Crippen molar-refractivity contribution in [2.24, 2.45) is 0 Å². The van der Waals surface area contributed by atoms with Crippen LogP contribution in [0.5, 0.6) is 0 Å². The summed E-state index contributed by atoms with van der Waals surface area (Å²) in [6.45, 7) is 7.70. The van der Waals surface area contributed by atoms with Gasteiger partial charge in [0.2, 0.25) is 0 Å². The van der Waals surface area contributed by atoms with E-state index in [1.165, 1.54) is 24.0 Å². The highest BCUT2D eigenvalue weighted by Gasteiger charge is 2.29. The number of hydrogen-bond acceptors (Lipinski definition) is 5. The van der Waals surface area contributed by atoms with Gasteiger partial charge in [0.25, 0.3) is 5.56 Å². The van der Waals surface area contributed by atoms with Crippen LogP contribution in [0.2, 0.25) is 0 Å². The van der Waals surface area contributed by atoms with Crippen LogP contribution < -0.4 is 5.56 Å². The van der Waals surface area contributed by atoms with E-state index in [0.717, 1.165) is 60.1 Å². The number of fused-ring (bicyclic) bond motifs is 1. The first-order valence-corrected chi connectivity index (χ1v) is 13.2. The van der Waals surface area contributed by atoms with Gasteiger partial charge in [-0.1, -0.05) is 67.8 Å². The summed E-state index contributed by atoms with van der Waals surface area (Å²) in [5.41, 5.74) is 5.30. The monoisotopic (exact) mass is 484 g/mol. The molecule has 188 valence electrons. The fourth-order valence-electron chi connectivity index (χ4n) is 5.68. The van der Waals surface area contributed by atoms with Gasteiger partial charge in [-0.3, -0.25) is 9.69 Å². The summed E-state index contributed by atoms with van der Waals surface area (Å²) < 4.78 is 2.06. The van der Waals surface area contributed by atoms with Gasteiger partial charge < -0.3 is 4.98 Å². The van der Waals surface area contributed by atoms with Crippen LogP contribution >= 0.6 is 0 Å². The first-order valence-electron chi connectivity index (χ1n) is 13.2. The number of nitrogens with zero attached hydrogens (tertiary/aromatic N) is 5. The molecule has 1 aliphatic rings. The zero-order valence-corrected chi connectivity index (χ0v) is 21.6. The van der Waals surface area contributed by atoms with E-state index in [-0.39, 0.29) is 11.6 Å². The summed E-state index contributed by atoms with van der Waals surface area (Å²) in [6, 6.07) is 17.2. The van der Waals surface area contributed by atoms with Crippen LogP contribution in [0.1, 0.15) is 79.2 Å². The standard InChI is InChI=1S/C29H36N6O/c1-4-26(28-31-32-33-35(28)25-13-5-6-14-25)34(16-15-22-11-7-9-20(2)17-22)19-24-18-23-12-8-10-21(3)27(23)30-29(24)36/h7-12,17-18,25-26H,4-6,13-16,19H2,1-3H3,(H,30,36)/t26-/m0/s1. The minimum Gasteiger partial charge on any atom is -0.321 e. The molecule has 1 atom stereocenters. The van der Waals surface area contributed by atoms with Gasteiger partial charge in [0, 0.05) is 18.7 Å². The highest BCUT2D eigenvalue weighted by Crippen LogP contribution is 2.33. The second-order valence-electron chi connectivity index (χ2n) is 10.2. The summed E-state index contributed by atoms with van der Waals surface area (Å²) in [7, 11) is 0. The molecule has 7 heteroatoms. The first-order chi connectivity index (χ1) is 17.5. The molecule has 0 saturated heterocycles. The van der Waals surface area contributed by atoms with E-state index in [0.29, 0.717) is 12.6 Å². The summed E-state index contributed by atoms with van der Waals surface area (Å²) in [5.74, 6) is 0.918. The summed E-state index contributed by atoms with van der Waals surface area (Å²) in [4.78, 5) is 18.7. The molecular formula is C29H36N6O. The average Bonchev–Trinajstić information content (AvgIpc) is 3.56. The van der Waals surface area contributed by atoms with E-state index < -0.39 is 0 Å². The van der Waals surface area contributed by atoms with Crippen molar-refractivity contribution < 1.29 is 0 Å². The Kier molecular flexibility index (Phi) is 7.28. The van der Waals surface area contributed by atoms with Crippen LogP contribution in [-0.4, -0.2) is 36.6 Å². The Bertz CT molecular complexity index is 1380. The van der Waals surface area contributed by atoms with Crippen LogP contribution in [0.4, 0.5) is 0 Å². The van der Waals surface area contributed by atoms with E-state index in [1.807, 2.05) is 25.1 Å². The lowest BCUT2D eigenvalue weighted by Gasteiger charge is -2.31. The SMILES string of the molecule is CC[C@@H](c1nnnn1C1CCCC1)N(CCc1cccc(C)c1)Cc1cc2cccc(C)c2[nH]c1=O. The van der Waals surface area contributed by atoms with Crippen LogP contribution in [0, 0.1) is 13.8 Å². The Morgan fingerprint density at radius 3 is 2.69 bits per heavy atom. The number of aromatic nitrogens is 5. The number of rotatable bonds is 9. The molecule has 2 heterocycles. The average molecular weight is 485 g/mol. The molecule has 0 unspecified atom stereocenters. The van der Waals surface area contributed by atoms with Crippen molar-refractivity contribution in [2.75, 3.05) is 6.54 Å². The van der Waals surface area contributed by atoms with Crippen LogP contribution in [0.25, 0.3) is 10.9 Å². The highest BCUT2D eigenvalue weighted by atomic mass is 16.1. The Labute approximate surface area is 212 Å². The quantitative estimate of drug-likeness (QED) is 0.342. The molecular weight excluding hydrogens is 448 g/mol. The Hall–Kier alpha value is -3.32. The number of pyridine rings is 1. The minimum atomic E-state index is -0.0254. The molecule has 1 saturated carbocycles. The molecule has 7 nitrogen and oxygen atoms in total. The maximum atomic E-state index is 13.2. The predicted octanol–water partition coefficient (Wildman–Crippen LogP) is 5.44. The van der Waals surface area contributed by atoms with Gasteiger partial charge in [-0.25, -0.2) is 4.68 Å². The molecule has 1 fully saturated rings. The molecule has 0 spiro atoms. The second kappa shape index (κ2) is 10.7. The number of aromatic amines is 1. The van der Waals surface area contributed by atoms with Gasteiger partial charge in [-0.05, 0) is 72.5 Å². The van der Waals surface area contributed by atoms with E-state index in [9.17, 15) is 4.79 Å². The molecule has 0 amide bonds. The number of tetrazole rings is 1. The predicted molar refractivity (Wildman–Crippen MR) is 143 cm³/mol. The Balaban J connectivity index is 1.49. The van der Waals surface area contributed by atoms with E-state index in [2.05, 4.69) is 74.3 Å². The van der Waals surface area contributed by atoms with Crippen molar-refractivity contribution in [3.63, 3.8) is 0 Å². The molecule has 0 radical (unpaired) electrons. The maximum absolute atomic E-state index is 13.2. The topological polar surface area (TPSA) is 79.7 Å². The molecule has 0 bridgehead atoms. The van der Waals surface area contributed by atoms with Gasteiger partial charge >= 0.3 is 0 Å². The third-order valence-corrected chi connectivity index (χ3v) is 7.62. The largest absolute Gasteiger partial charge is 0.321 e. The van der Waals surface area contributed by atoms with Crippen molar-refractivity contribution in [3.8, 4) is 0 Å². The fraction of sp³-hybridized carbons (Fsp3) is 0.448. The lowest BCUT2D eigenvalue weighted by molar-refractivity contribution is 0.169. The molecule has 36 heavy (non-hydrogen) atoms. The van der Waals surface area contributed by atoms with Gasteiger partial charge in [-0.15, -0.1) is 5.10 Å². The number of aryl methyl sites for hydroxylation is 2. The van der Waals surface area contributed by atoms with Crippen LogP contribution in [0.15, 0.2) is 53.3 Å². The molecule has 1 aliphatic carbocycles. The summed E-state index contributed by atoms with van der Waals surface area (Å²) in [6.07, 6.45) is 6.47. The van der Waals surface area contributed by atoms with Crippen LogP contribution in [0.3, 0.4) is 0 Å². The normalized spacial score (nSPS) is 15.2. The lowest BCUT2D eigenvalue weighted by atomic mass is 10.0. The maximum Gasteiger partial charge on any atom is 0.252 e. The molecule has 2 aromatic carbocycles. The third-order valence-electron chi connectivity index (χ3n) is 7.62. The fourth-order valence-corrected chi connectivity index (χ4v) is 5.68. The smallest absolute Gasteiger partial charge is 0.252 e. The molecule has 2 aromatic heterocycles. The van der Waals surface area contributed by atoms with Gasteiger partial charge in [0.05, 0.1) is 17.6 Å². The van der Waals surface area contributed by atoms with Crippen molar-refractivity contribution in [1.29, 1.82) is 0 Å². The zero-order valence-electron chi connectivity index (χ0n) is 21.6. The number of benzene rings is 2. The number of H-pyrrole nitrogens is 1. The van der Waals surface area contributed by atoms with Gasteiger partial charge in [0.1, 0.15) is 0 Å². The summed E-state index contributed by atoms with van der Waals surface area (Å²) >= 11 is 0. The van der Waals surface area contributed by atoms with Crippen molar-refractivity contribution in [1.82, 2.24) is 30.1 Å². The minimum absolute atomic E-state index is 0.0254. The molecule has 5 rings (SSSR count). The number of nitrogens with one attached hydrogen (secondary N) is 1. The molecule has 1 N–H and O–H groups in total. The summed E-state index contributed by atoms with van der Waals surface area (Å²) in [5, 5.41) is 14.1. The lowest BCUT2D eigenvalue weighted by Crippen LogP contribution is -2.34. The first kappa shape index (κ1) is 24.4. The van der Waals surface area contributed by atoms with Crippen molar-refractivity contribution >= 4 is 10.9 Å². The number of hydrogen-bond donors (Lipinski definition) is 1. The van der Waals surface area contributed by atoms with Gasteiger partial charge in [0.15, 0.2) is 5.82 Å². The van der Waals surface area contributed by atoms with Crippen LogP contribution in [-0.2, 0) is 13.0 Å². The molecule has 0 aliphatic heterocycles. The Morgan fingerprint density at radius 1 is 1.11 bits per heavy atom. The van der Waals surface area contributed by atoms with E-state index in [4.69, 9.17) is 0 Å². The van der Waals surface area contributed by atoms with E-state index >= 15 is 0 Å². The highest BCUT2D eigenvalue weighted by molar-refractivity contribution is 5.81. The number of para-hydroxylation sites is 1.